The van der Waals surface area contributed by atoms with Crippen LogP contribution in [0.1, 0.15) is 38.5 Å². The number of rotatable bonds is 7. The van der Waals surface area contributed by atoms with E-state index in [-0.39, 0.29) is 11.8 Å². The van der Waals surface area contributed by atoms with Gasteiger partial charge in [0.1, 0.15) is 5.82 Å². The fourth-order valence-electron chi connectivity index (χ4n) is 4.49. The summed E-state index contributed by atoms with van der Waals surface area (Å²) in [6, 6.07) is 12.0. The molecule has 1 aromatic carbocycles. The third-order valence-corrected chi connectivity index (χ3v) is 6.19. The summed E-state index contributed by atoms with van der Waals surface area (Å²) >= 11 is 0. The van der Waals surface area contributed by atoms with Gasteiger partial charge in [0.2, 0.25) is 5.91 Å². The zero-order chi connectivity index (χ0) is 20.6. The number of likely N-dealkylation sites (tertiary alicyclic amines) is 1. The van der Waals surface area contributed by atoms with Crippen molar-refractivity contribution in [3.63, 3.8) is 0 Å². The summed E-state index contributed by atoms with van der Waals surface area (Å²) in [6.07, 6.45) is 8.81. The molecule has 1 unspecified atom stereocenters. The van der Waals surface area contributed by atoms with E-state index in [1.54, 1.807) is 0 Å². The van der Waals surface area contributed by atoms with Crippen molar-refractivity contribution in [2.45, 2.75) is 38.5 Å². The number of amides is 1. The number of nitrogens with one attached hydrogen (secondary N) is 1. The highest BCUT2D eigenvalue weighted by molar-refractivity contribution is 5.79. The minimum Gasteiger partial charge on any atom is -0.356 e. The van der Waals surface area contributed by atoms with Gasteiger partial charge in [-0.1, -0.05) is 36.8 Å². The Morgan fingerprint density at radius 1 is 1.03 bits per heavy atom. The van der Waals surface area contributed by atoms with Crippen LogP contribution in [-0.4, -0.2) is 60.0 Å². The SMILES string of the molecule is O=C(NCCCN1CCCCC1)C1CCCN(c2ccnc(-c3ccccc3)n2)C1. The van der Waals surface area contributed by atoms with Crippen LogP contribution in [0.5, 0.6) is 0 Å². The molecule has 2 aliphatic rings. The molecule has 1 aromatic heterocycles. The largest absolute Gasteiger partial charge is 0.356 e. The molecule has 2 aliphatic heterocycles. The lowest BCUT2D eigenvalue weighted by molar-refractivity contribution is -0.125. The Kier molecular flexibility index (Phi) is 7.29. The first kappa shape index (κ1) is 20.8. The Morgan fingerprint density at radius 3 is 2.70 bits per heavy atom. The van der Waals surface area contributed by atoms with Gasteiger partial charge in [0.15, 0.2) is 5.82 Å². The average molecular weight is 408 g/mol. The van der Waals surface area contributed by atoms with E-state index in [1.807, 2.05) is 42.6 Å². The Balaban J connectivity index is 1.28. The molecule has 1 atom stereocenters. The molecule has 30 heavy (non-hydrogen) atoms. The molecular weight excluding hydrogens is 374 g/mol. The molecule has 0 spiro atoms. The molecule has 0 saturated carbocycles. The molecule has 2 aromatic rings. The maximum atomic E-state index is 12.7. The fraction of sp³-hybridized carbons (Fsp3) is 0.542. The maximum absolute atomic E-state index is 12.7. The number of hydrogen-bond donors (Lipinski definition) is 1. The first-order valence-electron chi connectivity index (χ1n) is 11.4. The Hall–Kier alpha value is -2.47. The van der Waals surface area contributed by atoms with Crippen LogP contribution < -0.4 is 10.2 Å². The van der Waals surface area contributed by atoms with Gasteiger partial charge in [0.05, 0.1) is 5.92 Å². The number of carbonyl (C=O) groups is 1. The highest BCUT2D eigenvalue weighted by Crippen LogP contribution is 2.24. The average Bonchev–Trinajstić information content (AvgIpc) is 2.83. The van der Waals surface area contributed by atoms with Crippen LogP contribution in [0.4, 0.5) is 5.82 Å². The summed E-state index contributed by atoms with van der Waals surface area (Å²) in [4.78, 5) is 26.7. The smallest absolute Gasteiger partial charge is 0.224 e. The van der Waals surface area contributed by atoms with Crippen molar-refractivity contribution in [2.24, 2.45) is 5.92 Å². The van der Waals surface area contributed by atoms with Crippen molar-refractivity contribution >= 4 is 11.7 Å². The summed E-state index contributed by atoms with van der Waals surface area (Å²) in [6.45, 7) is 5.97. The van der Waals surface area contributed by atoms with Gasteiger partial charge in [0, 0.05) is 31.4 Å². The van der Waals surface area contributed by atoms with E-state index in [0.717, 1.165) is 62.6 Å². The van der Waals surface area contributed by atoms with Crippen molar-refractivity contribution in [3.8, 4) is 11.4 Å². The highest BCUT2D eigenvalue weighted by Gasteiger charge is 2.26. The fourth-order valence-corrected chi connectivity index (χ4v) is 4.49. The van der Waals surface area contributed by atoms with Crippen LogP contribution in [0.25, 0.3) is 11.4 Å². The van der Waals surface area contributed by atoms with Crippen molar-refractivity contribution in [1.29, 1.82) is 0 Å². The van der Waals surface area contributed by atoms with Crippen LogP contribution in [0.3, 0.4) is 0 Å². The number of nitrogens with zero attached hydrogens (tertiary/aromatic N) is 4. The first-order valence-corrected chi connectivity index (χ1v) is 11.4. The van der Waals surface area contributed by atoms with E-state index in [4.69, 9.17) is 4.98 Å². The second-order valence-corrected chi connectivity index (χ2v) is 8.44. The second kappa shape index (κ2) is 10.5. The summed E-state index contributed by atoms with van der Waals surface area (Å²) in [5.74, 6) is 1.86. The van der Waals surface area contributed by atoms with Crippen molar-refractivity contribution < 1.29 is 4.79 Å². The third kappa shape index (κ3) is 5.57. The van der Waals surface area contributed by atoms with Gasteiger partial charge >= 0.3 is 0 Å². The van der Waals surface area contributed by atoms with Crippen molar-refractivity contribution in [1.82, 2.24) is 20.2 Å². The number of carbonyl (C=O) groups excluding carboxylic acids is 1. The third-order valence-electron chi connectivity index (χ3n) is 6.19. The molecular formula is C24H33N5O. The Bertz CT molecular complexity index is 806. The number of benzene rings is 1. The number of aromatic nitrogens is 2. The van der Waals surface area contributed by atoms with Crippen LogP contribution in [-0.2, 0) is 4.79 Å². The van der Waals surface area contributed by atoms with Gasteiger partial charge in [0.25, 0.3) is 0 Å². The summed E-state index contributed by atoms with van der Waals surface area (Å²) in [5, 5.41) is 3.18. The van der Waals surface area contributed by atoms with Crippen LogP contribution in [0, 0.1) is 5.92 Å². The van der Waals surface area contributed by atoms with E-state index in [2.05, 4.69) is 20.1 Å². The molecule has 0 aliphatic carbocycles. The predicted molar refractivity (Wildman–Crippen MR) is 120 cm³/mol. The summed E-state index contributed by atoms with van der Waals surface area (Å²) in [7, 11) is 0. The lowest BCUT2D eigenvalue weighted by Gasteiger charge is -2.33. The molecule has 160 valence electrons. The molecule has 0 bridgehead atoms. The Morgan fingerprint density at radius 2 is 1.87 bits per heavy atom. The molecule has 6 nitrogen and oxygen atoms in total. The quantitative estimate of drug-likeness (QED) is 0.713. The van der Waals surface area contributed by atoms with E-state index in [0.29, 0.717) is 0 Å². The van der Waals surface area contributed by atoms with Gasteiger partial charge < -0.3 is 15.1 Å². The van der Waals surface area contributed by atoms with Crippen LogP contribution in [0.15, 0.2) is 42.6 Å². The van der Waals surface area contributed by atoms with Crippen molar-refractivity contribution in [3.05, 3.63) is 42.6 Å². The molecule has 4 rings (SSSR count). The lowest BCUT2D eigenvalue weighted by atomic mass is 9.97. The van der Waals surface area contributed by atoms with Gasteiger partial charge in [-0.3, -0.25) is 4.79 Å². The molecule has 1 amide bonds. The summed E-state index contributed by atoms with van der Waals surface area (Å²) in [5.41, 5.74) is 1.01. The first-order chi connectivity index (χ1) is 14.8. The number of hydrogen-bond acceptors (Lipinski definition) is 5. The normalized spacial score (nSPS) is 20.1. The zero-order valence-electron chi connectivity index (χ0n) is 17.8. The van der Waals surface area contributed by atoms with E-state index < -0.39 is 0 Å². The maximum Gasteiger partial charge on any atom is 0.224 e. The minimum atomic E-state index is 0.0314. The van der Waals surface area contributed by atoms with Gasteiger partial charge in [-0.05, 0) is 57.8 Å². The minimum absolute atomic E-state index is 0.0314. The Labute approximate surface area is 179 Å². The number of anilines is 1. The zero-order valence-corrected chi connectivity index (χ0v) is 17.8. The molecule has 2 fully saturated rings. The lowest BCUT2D eigenvalue weighted by Crippen LogP contribution is -2.44. The van der Waals surface area contributed by atoms with Gasteiger partial charge in [-0.2, -0.15) is 0 Å². The van der Waals surface area contributed by atoms with Gasteiger partial charge in [-0.25, -0.2) is 9.97 Å². The number of piperidine rings is 2. The van der Waals surface area contributed by atoms with Crippen LogP contribution in [0.2, 0.25) is 0 Å². The highest BCUT2D eigenvalue weighted by atomic mass is 16.1. The molecule has 1 N–H and O–H groups in total. The second-order valence-electron chi connectivity index (χ2n) is 8.44. The van der Waals surface area contributed by atoms with E-state index in [1.165, 1.54) is 32.4 Å². The molecule has 2 saturated heterocycles. The standard InChI is InChI=1S/C24H33N5O/c30-24(26-13-8-17-28-15-5-2-6-16-28)21-11-7-18-29(19-21)22-12-14-25-23(27-22)20-9-3-1-4-10-20/h1,3-4,9-10,12,14,21H,2,5-8,11,13,15-19H2,(H,26,30). The molecule has 3 heterocycles. The van der Waals surface area contributed by atoms with Crippen LogP contribution >= 0.6 is 0 Å². The molecule has 0 radical (unpaired) electrons. The topological polar surface area (TPSA) is 61.4 Å². The van der Waals surface area contributed by atoms with Crippen molar-refractivity contribution in [2.75, 3.05) is 44.2 Å². The van der Waals surface area contributed by atoms with Gasteiger partial charge in [-0.15, -0.1) is 0 Å². The molecule has 6 heteroatoms. The summed E-state index contributed by atoms with van der Waals surface area (Å²) < 4.78 is 0. The van der Waals surface area contributed by atoms with E-state index >= 15 is 0 Å². The van der Waals surface area contributed by atoms with E-state index in [9.17, 15) is 4.79 Å². The monoisotopic (exact) mass is 407 g/mol. The predicted octanol–water partition coefficient (Wildman–Crippen LogP) is 3.35.